The van der Waals surface area contributed by atoms with Crippen LogP contribution >= 0.6 is 24.0 Å². The Balaban J connectivity index is 1.53. The molecule has 0 radical (unpaired) electrons. The molecule has 1 aliphatic heterocycles. The second-order valence-electron chi connectivity index (χ2n) is 8.30. The van der Waals surface area contributed by atoms with Gasteiger partial charge in [-0.15, -0.1) is 0 Å². The van der Waals surface area contributed by atoms with Crippen molar-refractivity contribution in [2.45, 2.75) is 26.2 Å². The van der Waals surface area contributed by atoms with Gasteiger partial charge >= 0.3 is 0 Å². The smallest absolute Gasteiger partial charge is 0.285 e. The number of carbonyl (C=O) groups excluding carboxylic acids is 2. The number of thioether (sulfide) groups is 1. The van der Waals surface area contributed by atoms with Crippen LogP contribution in [-0.4, -0.2) is 30.7 Å². The average molecular weight is 451 g/mol. The molecular formula is C23H22N4O2S2. The molecule has 0 aliphatic carbocycles. The number of hydrazine groups is 1. The first-order valence-electron chi connectivity index (χ1n) is 9.76. The van der Waals surface area contributed by atoms with Crippen LogP contribution in [0.15, 0.2) is 53.4 Å². The summed E-state index contributed by atoms with van der Waals surface area (Å²) in [5, 5.41) is 1.12. The second kappa shape index (κ2) is 7.94. The van der Waals surface area contributed by atoms with Gasteiger partial charge in [0.15, 0.2) is 4.32 Å². The topological polar surface area (TPSA) is 67.2 Å². The van der Waals surface area contributed by atoms with Crippen molar-refractivity contribution < 1.29 is 9.59 Å². The number of carbonyl (C=O) groups is 2. The summed E-state index contributed by atoms with van der Waals surface area (Å²) >= 11 is 6.47. The molecule has 158 valence electrons. The van der Waals surface area contributed by atoms with Crippen molar-refractivity contribution in [3.05, 3.63) is 70.4 Å². The number of para-hydroxylation sites is 2. The van der Waals surface area contributed by atoms with Crippen molar-refractivity contribution in [2.24, 2.45) is 7.05 Å². The van der Waals surface area contributed by atoms with Gasteiger partial charge in [0.1, 0.15) is 5.82 Å². The number of benzene rings is 2. The van der Waals surface area contributed by atoms with Crippen molar-refractivity contribution in [3.8, 4) is 0 Å². The zero-order valence-electron chi connectivity index (χ0n) is 17.7. The SMILES string of the molecule is Cn1c(/C=C2/SC(=S)N(NC(=O)c3ccc(C(C)(C)C)cc3)C2=O)nc2ccccc21. The number of imidazole rings is 1. The first kappa shape index (κ1) is 21.3. The van der Waals surface area contributed by atoms with Crippen molar-refractivity contribution in [1.29, 1.82) is 0 Å². The Morgan fingerprint density at radius 2 is 1.81 bits per heavy atom. The number of nitrogens with one attached hydrogen (secondary N) is 1. The van der Waals surface area contributed by atoms with Crippen molar-refractivity contribution in [2.75, 3.05) is 0 Å². The lowest BCUT2D eigenvalue weighted by atomic mass is 9.87. The number of thiocarbonyl (C=S) groups is 1. The van der Waals surface area contributed by atoms with E-state index in [2.05, 4.69) is 31.2 Å². The van der Waals surface area contributed by atoms with E-state index in [-0.39, 0.29) is 21.5 Å². The minimum atomic E-state index is -0.388. The van der Waals surface area contributed by atoms with Crippen molar-refractivity contribution in [1.82, 2.24) is 20.0 Å². The third-order valence-electron chi connectivity index (χ3n) is 5.10. The van der Waals surface area contributed by atoms with Crippen LogP contribution < -0.4 is 5.43 Å². The molecule has 1 aromatic heterocycles. The molecule has 0 spiro atoms. The third kappa shape index (κ3) is 4.13. The molecule has 2 amide bonds. The maximum absolute atomic E-state index is 12.9. The van der Waals surface area contributed by atoms with Crippen molar-refractivity contribution in [3.63, 3.8) is 0 Å². The second-order valence-corrected chi connectivity index (χ2v) is 9.98. The number of hydrogen-bond acceptors (Lipinski definition) is 5. The van der Waals surface area contributed by atoms with Crippen LogP contribution in [-0.2, 0) is 17.3 Å². The summed E-state index contributed by atoms with van der Waals surface area (Å²) in [4.78, 5) is 30.6. The number of fused-ring (bicyclic) bond motifs is 1. The molecule has 3 aromatic rings. The van der Waals surface area contributed by atoms with Crippen LogP contribution in [0.3, 0.4) is 0 Å². The van der Waals surface area contributed by atoms with E-state index >= 15 is 0 Å². The fraction of sp³-hybridized carbons (Fsp3) is 0.217. The van der Waals surface area contributed by atoms with E-state index in [0.29, 0.717) is 16.3 Å². The summed E-state index contributed by atoms with van der Waals surface area (Å²) in [6, 6.07) is 15.1. The van der Waals surface area contributed by atoms with Gasteiger partial charge in [0.2, 0.25) is 0 Å². The van der Waals surface area contributed by atoms with E-state index in [9.17, 15) is 9.59 Å². The van der Waals surface area contributed by atoms with E-state index < -0.39 is 0 Å². The van der Waals surface area contributed by atoms with E-state index in [1.165, 1.54) is 0 Å². The van der Waals surface area contributed by atoms with E-state index in [1.54, 1.807) is 18.2 Å². The number of nitrogens with zero attached hydrogens (tertiary/aromatic N) is 3. The molecule has 4 rings (SSSR count). The standard InChI is InChI=1S/C23H22N4O2S2/c1-23(2,3)15-11-9-14(10-12-15)20(28)25-27-21(29)18(31-22(27)30)13-19-24-16-7-5-6-8-17(16)26(19)4/h5-13H,1-4H3,(H,25,28)/b18-13+. The monoisotopic (exact) mass is 450 g/mol. The van der Waals surface area contributed by atoms with Crippen molar-refractivity contribution >= 4 is 57.2 Å². The zero-order valence-corrected chi connectivity index (χ0v) is 19.3. The molecule has 31 heavy (non-hydrogen) atoms. The number of rotatable bonds is 3. The largest absolute Gasteiger partial charge is 0.328 e. The summed E-state index contributed by atoms with van der Waals surface area (Å²) in [6.45, 7) is 6.33. The Bertz CT molecular complexity index is 1240. The minimum absolute atomic E-state index is 0.00634. The highest BCUT2D eigenvalue weighted by Gasteiger charge is 2.34. The van der Waals surface area contributed by atoms with Gasteiger partial charge in [-0.2, -0.15) is 5.01 Å². The summed E-state index contributed by atoms with van der Waals surface area (Å²) in [5.74, 6) is -0.117. The van der Waals surface area contributed by atoms with Crippen LogP contribution in [0.25, 0.3) is 17.1 Å². The van der Waals surface area contributed by atoms with Gasteiger partial charge < -0.3 is 4.57 Å². The van der Waals surface area contributed by atoms with E-state index in [4.69, 9.17) is 12.2 Å². The van der Waals surface area contributed by atoms with Gasteiger partial charge in [0.05, 0.1) is 15.9 Å². The minimum Gasteiger partial charge on any atom is -0.328 e. The average Bonchev–Trinajstić information content (AvgIpc) is 3.18. The summed E-state index contributed by atoms with van der Waals surface area (Å²) < 4.78 is 2.19. The Kier molecular flexibility index (Phi) is 5.45. The molecular weight excluding hydrogens is 428 g/mol. The predicted molar refractivity (Wildman–Crippen MR) is 128 cm³/mol. The lowest BCUT2D eigenvalue weighted by Crippen LogP contribution is -2.44. The first-order chi connectivity index (χ1) is 14.6. The molecule has 2 heterocycles. The molecule has 0 saturated carbocycles. The molecule has 0 bridgehead atoms. The summed E-state index contributed by atoms with van der Waals surface area (Å²) in [7, 11) is 1.89. The fourth-order valence-corrected chi connectivity index (χ4v) is 4.41. The van der Waals surface area contributed by atoms with Crippen LogP contribution in [0.5, 0.6) is 0 Å². The normalized spacial score (nSPS) is 15.9. The number of aromatic nitrogens is 2. The lowest BCUT2D eigenvalue weighted by molar-refractivity contribution is -0.123. The Hall–Kier alpha value is -2.97. The quantitative estimate of drug-likeness (QED) is 0.473. The first-order valence-corrected chi connectivity index (χ1v) is 11.0. The van der Waals surface area contributed by atoms with E-state index in [0.717, 1.165) is 33.4 Å². The Morgan fingerprint density at radius 3 is 2.45 bits per heavy atom. The lowest BCUT2D eigenvalue weighted by Gasteiger charge is -2.19. The number of amides is 2. The maximum atomic E-state index is 12.9. The highest BCUT2D eigenvalue weighted by atomic mass is 32.2. The third-order valence-corrected chi connectivity index (χ3v) is 6.40. The molecule has 0 atom stereocenters. The van der Waals surface area contributed by atoms with Gasteiger partial charge in [0.25, 0.3) is 11.8 Å². The maximum Gasteiger partial charge on any atom is 0.285 e. The van der Waals surface area contributed by atoms with Gasteiger partial charge in [-0.3, -0.25) is 15.0 Å². The summed E-state index contributed by atoms with van der Waals surface area (Å²) in [6.07, 6.45) is 1.70. The Morgan fingerprint density at radius 1 is 1.13 bits per heavy atom. The molecule has 6 nitrogen and oxygen atoms in total. The summed E-state index contributed by atoms with van der Waals surface area (Å²) in [5.41, 5.74) is 6.02. The molecule has 1 N–H and O–H groups in total. The zero-order chi connectivity index (χ0) is 22.3. The van der Waals surface area contributed by atoms with Crippen LogP contribution in [0.1, 0.15) is 42.5 Å². The predicted octanol–water partition coefficient (Wildman–Crippen LogP) is 4.42. The number of hydrogen-bond donors (Lipinski definition) is 1. The molecule has 0 unspecified atom stereocenters. The molecule has 1 fully saturated rings. The van der Waals surface area contributed by atoms with Gasteiger partial charge in [-0.25, -0.2) is 4.98 Å². The highest BCUT2D eigenvalue weighted by Crippen LogP contribution is 2.32. The van der Waals surface area contributed by atoms with Crippen LogP contribution in [0.4, 0.5) is 0 Å². The van der Waals surface area contributed by atoms with E-state index in [1.807, 2.05) is 48.0 Å². The van der Waals surface area contributed by atoms with Gasteiger partial charge in [0, 0.05) is 18.7 Å². The molecule has 1 saturated heterocycles. The molecule has 8 heteroatoms. The number of aryl methyl sites for hydroxylation is 1. The van der Waals surface area contributed by atoms with Gasteiger partial charge in [-0.05, 0) is 47.5 Å². The van der Waals surface area contributed by atoms with Crippen LogP contribution in [0, 0.1) is 0 Å². The molecule has 2 aromatic carbocycles. The van der Waals surface area contributed by atoms with Gasteiger partial charge in [-0.1, -0.05) is 56.8 Å². The fourth-order valence-electron chi connectivity index (χ4n) is 3.26. The Labute approximate surface area is 190 Å². The molecule has 1 aliphatic rings. The highest BCUT2D eigenvalue weighted by molar-refractivity contribution is 8.26. The van der Waals surface area contributed by atoms with Crippen LogP contribution in [0.2, 0.25) is 0 Å².